The van der Waals surface area contributed by atoms with Crippen LogP contribution in [0.15, 0.2) is 36.4 Å². The highest BCUT2D eigenvalue weighted by Crippen LogP contribution is 2.22. The first kappa shape index (κ1) is 18.6. The molecule has 1 aromatic carbocycles. The average molecular weight is 367 g/mol. The van der Waals surface area contributed by atoms with E-state index in [1.807, 2.05) is 31.2 Å². The van der Waals surface area contributed by atoms with Crippen LogP contribution in [0, 0.1) is 13.8 Å². The number of hydrogen-bond donors (Lipinski definition) is 2. The lowest BCUT2D eigenvalue weighted by atomic mass is 10.0. The molecule has 2 amide bonds. The molecule has 1 aliphatic heterocycles. The number of amides is 2. The highest BCUT2D eigenvalue weighted by molar-refractivity contribution is 6.02. The van der Waals surface area contributed by atoms with Crippen molar-refractivity contribution in [3.8, 4) is 0 Å². The lowest BCUT2D eigenvalue weighted by molar-refractivity contribution is -0.121. The Labute approximate surface area is 157 Å². The molecule has 0 bridgehead atoms. The van der Waals surface area contributed by atoms with Gasteiger partial charge >= 0.3 is 5.97 Å². The third-order valence-corrected chi connectivity index (χ3v) is 4.64. The Bertz CT molecular complexity index is 893. The summed E-state index contributed by atoms with van der Waals surface area (Å²) in [5, 5.41) is 11.8. The second kappa shape index (κ2) is 7.57. The van der Waals surface area contributed by atoms with Gasteiger partial charge in [0.2, 0.25) is 5.91 Å². The molecule has 1 aliphatic rings. The number of carboxylic acids is 1. The summed E-state index contributed by atoms with van der Waals surface area (Å²) in [5.74, 6) is -1.74. The fraction of sp³-hybridized carbons (Fsp3) is 0.300. The fourth-order valence-corrected chi connectivity index (χ4v) is 3.14. The van der Waals surface area contributed by atoms with Crippen molar-refractivity contribution in [1.29, 1.82) is 0 Å². The molecule has 0 aliphatic carbocycles. The molecule has 1 atom stereocenters. The van der Waals surface area contributed by atoms with Gasteiger partial charge in [-0.15, -0.1) is 0 Å². The van der Waals surface area contributed by atoms with Crippen LogP contribution < -0.4 is 10.2 Å². The number of benzene rings is 1. The van der Waals surface area contributed by atoms with Crippen LogP contribution in [0.5, 0.6) is 0 Å². The van der Waals surface area contributed by atoms with Gasteiger partial charge in [-0.25, -0.2) is 9.78 Å². The SMILES string of the molecule is Cc1ccc(N2CCCC(NC(=O)c3ccc(C(=O)O)c(C)n3)C2=O)cc1. The molecule has 7 heteroatoms. The number of aromatic carboxylic acids is 1. The minimum absolute atomic E-state index is 0.0471. The van der Waals surface area contributed by atoms with Crippen molar-refractivity contribution in [3.63, 3.8) is 0 Å². The maximum absolute atomic E-state index is 12.8. The summed E-state index contributed by atoms with van der Waals surface area (Å²) in [6, 6.07) is 9.76. The fourth-order valence-electron chi connectivity index (χ4n) is 3.14. The Hall–Kier alpha value is -3.22. The van der Waals surface area contributed by atoms with Gasteiger partial charge in [0.15, 0.2) is 0 Å². The Morgan fingerprint density at radius 3 is 2.48 bits per heavy atom. The Morgan fingerprint density at radius 2 is 1.85 bits per heavy atom. The van der Waals surface area contributed by atoms with Gasteiger partial charge in [0, 0.05) is 12.2 Å². The topological polar surface area (TPSA) is 99.6 Å². The van der Waals surface area contributed by atoms with Gasteiger partial charge < -0.3 is 15.3 Å². The van der Waals surface area contributed by atoms with E-state index in [9.17, 15) is 14.4 Å². The zero-order valence-electron chi connectivity index (χ0n) is 15.2. The number of carbonyl (C=O) groups is 3. The van der Waals surface area contributed by atoms with E-state index < -0.39 is 17.9 Å². The van der Waals surface area contributed by atoms with Crippen molar-refractivity contribution in [3.05, 3.63) is 58.9 Å². The number of aromatic nitrogens is 1. The summed E-state index contributed by atoms with van der Waals surface area (Å²) < 4.78 is 0. The first-order chi connectivity index (χ1) is 12.9. The van der Waals surface area contributed by atoms with E-state index in [2.05, 4.69) is 10.3 Å². The van der Waals surface area contributed by atoms with Gasteiger partial charge in [0.25, 0.3) is 5.91 Å². The molecule has 1 unspecified atom stereocenters. The van der Waals surface area contributed by atoms with Crippen LogP contribution in [-0.4, -0.2) is 40.5 Å². The van der Waals surface area contributed by atoms with Crippen LogP contribution >= 0.6 is 0 Å². The number of aryl methyl sites for hydroxylation is 2. The standard InChI is InChI=1S/C20H21N3O4/c1-12-5-7-14(8-6-12)23-11-3-4-17(19(23)25)22-18(24)16-10-9-15(20(26)27)13(2)21-16/h5-10,17H,3-4,11H2,1-2H3,(H,22,24)(H,26,27). The molecular weight excluding hydrogens is 346 g/mol. The molecule has 0 saturated carbocycles. The largest absolute Gasteiger partial charge is 0.478 e. The number of carboxylic acid groups (broad SMARTS) is 1. The molecule has 27 heavy (non-hydrogen) atoms. The monoisotopic (exact) mass is 367 g/mol. The lowest BCUT2D eigenvalue weighted by Crippen LogP contribution is -2.52. The molecule has 140 valence electrons. The molecule has 1 fully saturated rings. The van der Waals surface area contributed by atoms with Crippen LogP contribution in [0.4, 0.5) is 5.69 Å². The maximum atomic E-state index is 12.8. The highest BCUT2D eigenvalue weighted by atomic mass is 16.4. The number of carbonyl (C=O) groups excluding carboxylic acids is 2. The number of rotatable bonds is 4. The van der Waals surface area contributed by atoms with Gasteiger partial charge in [-0.05, 0) is 51.0 Å². The minimum Gasteiger partial charge on any atom is -0.478 e. The molecule has 1 saturated heterocycles. The highest BCUT2D eigenvalue weighted by Gasteiger charge is 2.31. The second-order valence-corrected chi connectivity index (χ2v) is 6.63. The van der Waals surface area contributed by atoms with Crippen LogP contribution in [0.3, 0.4) is 0 Å². The number of nitrogens with one attached hydrogen (secondary N) is 1. The third kappa shape index (κ3) is 3.97. The summed E-state index contributed by atoms with van der Waals surface area (Å²) in [4.78, 5) is 42.1. The Kier molecular flexibility index (Phi) is 5.21. The van der Waals surface area contributed by atoms with Gasteiger partial charge in [-0.1, -0.05) is 17.7 Å². The normalized spacial score (nSPS) is 16.9. The summed E-state index contributed by atoms with van der Waals surface area (Å²) in [6.07, 6.45) is 1.33. The lowest BCUT2D eigenvalue weighted by Gasteiger charge is -2.32. The average Bonchev–Trinajstić information content (AvgIpc) is 2.64. The maximum Gasteiger partial charge on any atom is 0.337 e. The molecule has 0 spiro atoms. The number of pyridine rings is 1. The number of hydrogen-bond acceptors (Lipinski definition) is 4. The molecule has 1 aromatic heterocycles. The van der Waals surface area contributed by atoms with Gasteiger partial charge in [0.1, 0.15) is 11.7 Å². The summed E-state index contributed by atoms with van der Waals surface area (Å²) in [7, 11) is 0. The molecular formula is C20H21N3O4. The van der Waals surface area contributed by atoms with Gasteiger partial charge in [-0.2, -0.15) is 0 Å². The molecule has 2 heterocycles. The zero-order chi connectivity index (χ0) is 19.6. The number of nitrogens with zero attached hydrogens (tertiary/aromatic N) is 2. The van der Waals surface area contributed by atoms with E-state index in [-0.39, 0.29) is 22.9 Å². The van der Waals surface area contributed by atoms with Gasteiger partial charge in [-0.3, -0.25) is 9.59 Å². The van der Waals surface area contributed by atoms with E-state index in [4.69, 9.17) is 5.11 Å². The van der Waals surface area contributed by atoms with E-state index >= 15 is 0 Å². The molecule has 2 N–H and O–H groups in total. The van der Waals surface area contributed by atoms with Crippen molar-refractivity contribution >= 4 is 23.5 Å². The number of anilines is 1. The molecule has 3 rings (SSSR count). The van der Waals surface area contributed by atoms with Crippen LogP contribution in [0.2, 0.25) is 0 Å². The van der Waals surface area contributed by atoms with Crippen molar-refractivity contribution in [2.75, 3.05) is 11.4 Å². The van der Waals surface area contributed by atoms with Crippen molar-refractivity contribution < 1.29 is 19.5 Å². The smallest absolute Gasteiger partial charge is 0.337 e. The predicted molar refractivity (Wildman–Crippen MR) is 100.0 cm³/mol. The van der Waals surface area contributed by atoms with Crippen molar-refractivity contribution in [2.45, 2.75) is 32.7 Å². The predicted octanol–water partition coefficient (Wildman–Crippen LogP) is 2.32. The summed E-state index contributed by atoms with van der Waals surface area (Å²) >= 11 is 0. The second-order valence-electron chi connectivity index (χ2n) is 6.63. The number of piperidine rings is 1. The molecule has 2 aromatic rings. The van der Waals surface area contributed by atoms with Crippen molar-refractivity contribution in [1.82, 2.24) is 10.3 Å². The van der Waals surface area contributed by atoms with Crippen LogP contribution in [-0.2, 0) is 4.79 Å². The summed E-state index contributed by atoms with van der Waals surface area (Å²) in [5.41, 5.74) is 2.32. The first-order valence-corrected chi connectivity index (χ1v) is 8.76. The van der Waals surface area contributed by atoms with E-state index in [0.29, 0.717) is 13.0 Å². The zero-order valence-corrected chi connectivity index (χ0v) is 15.2. The molecule has 0 radical (unpaired) electrons. The Morgan fingerprint density at radius 1 is 1.15 bits per heavy atom. The van der Waals surface area contributed by atoms with E-state index in [0.717, 1.165) is 17.7 Å². The van der Waals surface area contributed by atoms with E-state index in [1.54, 1.807) is 4.90 Å². The van der Waals surface area contributed by atoms with Crippen LogP contribution in [0.1, 0.15) is 44.9 Å². The van der Waals surface area contributed by atoms with E-state index in [1.165, 1.54) is 19.1 Å². The minimum atomic E-state index is -1.09. The van der Waals surface area contributed by atoms with Gasteiger partial charge in [0.05, 0.1) is 11.3 Å². The molecule has 7 nitrogen and oxygen atoms in total. The van der Waals surface area contributed by atoms with Crippen LogP contribution in [0.25, 0.3) is 0 Å². The third-order valence-electron chi connectivity index (χ3n) is 4.64. The summed E-state index contributed by atoms with van der Waals surface area (Å²) in [6.45, 7) is 4.12. The Balaban J connectivity index is 1.73. The quantitative estimate of drug-likeness (QED) is 0.864. The van der Waals surface area contributed by atoms with Crippen molar-refractivity contribution in [2.24, 2.45) is 0 Å². The first-order valence-electron chi connectivity index (χ1n) is 8.76.